The number of carbonyl (C=O) groups is 2. The number of ketones is 1. The molecule has 0 unspecified atom stereocenters. The molecule has 44 heavy (non-hydrogen) atoms. The van der Waals surface area contributed by atoms with Crippen LogP contribution in [0, 0.1) is 5.92 Å². The third-order valence-corrected chi connectivity index (χ3v) is 9.52. The van der Waals surface area contributed by atoms with Gasteiger partial charge in [0.2, 0.25) is 5.91 Å². The smallest absolute Gasteiger partial charge is 0.220 e. The van der Waals surface area contributed by atoms with Crippen molar-refractivity contribution in [2.24, 2.45) is 5.92 Å². The Morgan fingerprint density at radius 3 is 1.95 bits per heavy atom. The van der Waals surface area contributed by atoms with Gasteiger partial charge in [-0.05, 0) is 67.8 Å². The van der Waals surface area contributed by atoms with E-state index in [1.807, 2.05) is 60.9 Å². The van der Waals surface area contributed by atoms with Gasteiger partial charge in [-0.15, -0.1) is 0 Å². The average molecular weight is 628 g/mol. The molecule has 6 nitrogen and oxygen atoms in total. The van der Waals surface area contributed by atoms with Crippen LogP contribution < -0.4 is 10.6 Å². The molecule has 2 aromatic heterocycles. The first-order chi connectivity index (χ1) is 21.4. The van der Waals surface area contributed by atoms with Crippen molar-refractivity contribution in [1.29, 1.82) is 0 Å². The third-order valence-electron chi connectivity index (χ3n) is 8.70. The summed E-state index contributed by atoms with van der Waals surface area (Å²) in [6, 6.07) is 20.3. The van der Waals surface area contributed by atoms with Gasteiger partial charge in [-0.2, -0.15) is 0 Å². The standard InChI is InChI=1S/C36H36Cl2N4O2/c37-35-28(6-2-8-30(35)32-15-11-23(21-40-32)4-1-5-26-13-17-34(44)42-26)29-7-3-9-31(36(29)38)33-16-12-25(22-41-33)20-39-19-24-10-14-27(43)18-24/h2-3,6-9,11-12,15-16,21-22,24,26,39H,1,4-5,10,13-14,17-20H2,(H,42,44)/t24-,26-/m1/s1. The highest BCUT2D eigenvalue weighted by atomic mass is 35.5. The van der Waals surface area contributed by atoms with Gasteiger partial charge in [-0.1, -0.05) is 71.7 Å². The van der Waals surface area contributed by atoms with Crippen molar-refractivity contribution in [2.45, 2.75) is 64.0 Å². The fraction of sp³-hybridized carbons (Fsp3) is 0.333. The number of hydrogen-bond acceptors (Lipinski definition) is 5. The van der Waals surface area contributed by atoms with E-state index in [-0.39, 0.29) is 5.91 Å². The van der Waals surface area contributed by atoms with E-state index in [0.29, 0.717) is 53.6 Å². The maximum atomic E-state index is 11.5. The molecule has 2 N–H and O–H groups in total. The zero-order valence-electron chi connectivity index (χ0n) is 24.6. The summed E-state index contributed by atoms with van der Waals surface area (Å²) in [5, 5.41) is 7.70. The maximum absolute atomic E-state index is 11.5. The molecule has 0 radical (unpaired) electrons. The van der Waals surface area contributed by atoms with Crippen molar-refractivity contribution in [3.8, 4) is 33.6 Å². The predicted molar refractivity (Wildman–Crippen MR) is 177 cm³/mol. The molecule has 226 valence electrons. The normalized spacial score (nSPS) is 18.1. The van der Waals surface area contributed by atoms with Crippen molar-refractivity contribution in [3.63, 3.8) is 0 Å². The third kappa shape index (κ3) is 7.20. The molecule has 2 atom stereocenters. The molecule has 3 heterocycles. The molecule has 1 aliphatic carbocycles. The molecule has 1 saturated heterocycles. The number of Topliss-reactive ketones (excluding diaryl/α,β-unsaturated/α-hetero) is 1. The van der Waals surface area contributed by atoms with Gasteiger partial charge >= 0.3 is 0 Å². The van der Waals surface area contributed by atoms with Gasteiger partial charge in [0, 0.05) is 66.5 Å². The van der Waals surface area contributed by atoms with Gasteiger partial charge in [0.25, 0.3) is 0 Å². The van der Waals surface area contributed by atoms with Crippen molar-refractivity contribution in [1.82, 2.24) is 20.6 Å². The Hall–Kier alpha value is -3.58. The number of halogens is 2. The molecule has 4 aromatic rings. The summed E-state index contributed by atoms with van der Waals surface area (Å²) >= 11 is 14.0. The molecule has 1 saturated carbocycles. The number of pyridine rings is 2. The summed E-state index contributed by atoms with van der Waals surface area (Å²) in [7, 11) is 0. The lowest BCUT2D eigenvalue weighted by molar-refractivity contribution is -0.119. The van der Waals surface area contributed by atoms with Crippen LogP contribution in [0.5, 0.6) is 0 Å². The molecule has 0 spiro atoms. The summed E-state index contributed by atoms with van der Waals surface area (Å²) in [5.74, 6) is 0.986. The fourth-order valence-corrected chi connectivity index (χ4v) is 6.88. The highest BCUT2D eigenvalue weighted by molar-refractivity contribution is 6.39. The number of amides is 1. The Balaban J connectivity index is 1.13. The highest BCUT2D eigenvalue weighted by Crippen LogP contribution is 2.41. The molecule has 0 bridgehead atoms. The fourth-order valence-electron chi connectivity index (χ4n) is 6.23. The van der Waals surface area contributed by atoms with E-state index in [1.165, 1.54) is 5.56 Å². The van der Waals surface area contributed by atoms with Gasteiger partial charge in [0.1, 0.15) is 5.78 Å². The molecular weight excluding hydrogens is 591 g/mol. The molecule has 2 aromatic carbocycles. The molecule has 1 aliphatic heterocycles. The number of aryl methyl sites for hydroxylation is 1. The van der Waals surface area contributed by atoms with Crippen LogP contribution in [0.15, 0.2) is 73.1 Å². The zero-order valence-corrected chi connectivity index (χ0v) is 26.1. The number of aromatic nitrogens is 2. The largest absolute Gasteiger partial charge is 0.353 e. The van der Waals surface area contributed by atoms with Crippen LogP contribution in [0.25, 0.3) is 33.6 Å². The molecule has 8 heteroatoms. The predicted octanol–water partition coefficient (Wildman–Crippen LogP) is 7.84. The van der Waals surface area contributed by atoms with E-state index >= 15 is 0 Å². The molecular formula is C36H36Cl2N4O2. The monoisotopic (exact) mass is 626 g/mol. The molecule has 2 fully saturated rings. The molecule has 2 aliphatic rings. The SMILES string of the molecule is O=C1CC[C@@H](CNCc2ccc(-c3cccc(-c4cccc(-c5ccc(CCC[C@@H]6CCC(=O)N6)cn5)c4Cl)c3Cl)nc2)C1. The van der Waals surface area contributed by atoms with E-state index in [1.54, 1.807) is 0 Å². The van der Waals surface area contributed by atoms with Crippen molar-refractivity contribution < 1.29 is 9.59 Å². The summed E-state index contributed by atoms with van der Waals surface area (Å²) < 4.78 is 0. The summed E-state index contributed by atoms with van der Waals surface area (Å²) in [4.78, 5) is 32.4. The zero-order chi connectivity index (χ0) is 30.5. The first-order valence-corrected chi connectivity index (χ1v) is 16.2. The number of nitrogens with zero attached hydrogens (tertiary/aromatic N) is 2. The minimum absolute atomic E-state index is 0.165. The van der Waals surface area contributed by atoms with Gasteiger partial charge in [0.05, 0.1) is 21.4 Å². The van der Waals surface area contributed by atoms with Crippen molar-refractivity contribution >= 4 is 34.9 Å². The number of nitrogens with one attached hydrogen (secondary N) is 2. The van der Waals surface area contributed by atoms with Crippen LogP contribution in [0.1, 0.15) is 56.1 Å². The van der Waals surface area contributed by atoms with Crippen LogP contribution >= 0.6 is 23.2 Å². The van der Waals surface area contributed by atoms with E-state index in [2.05, 4.69) is 22.8 Å². The lowest BCUT2D eigenvalue weighted by atomic mass is 9.98. The van der Waals surface area contributed by atoms with Crippen molar-refractivity contribution in [3.05, 3.63) is 94.2 Å². The second-order valence-corrected chi connectivity index (χ2v) is 12.7. The Labute approximate surface area is 268 Å². The lowest BCUT2D eigenvalue weighted by Crippen LogP contribution is -2.25. The Kier molecular flexibility index (Phi) is 9.70. The quantitative estimate of drug-likeness (QED) is 0.177. The highest BCUT2D eigenvalue weighted by Gasteiger charge is 2.22. The first kappa shape index (κ1) is 30.4. The van der Waals surface area contributed by atoms with Gasteiger partial charge in [0.15, 0.2) is 0 Å². The Morgan fingerprint density at radius 2 is 1.41 bits per heavy atom. The Bertz CT molecular complexity index is 1520. The number of rotatable bonds is 11. The van der Waals surface area contributed by atoms with Crippen molar-refractivity contribution in [2.75, 3.05) is 6.54 Å². The number of carbonyl (C=O) groups excluding carboxylic acids is 2. The first-order valence-electron chi connectivity index (χ1n) is 15.4. The molecule has 6 rings (SSSR count). The summed E-state index contributed by atoms with van der Waals surface area (Å²) in [6.45, 7) is 1.56. The summed E-state index contributed by atoms with van der Waals surface area (Å²) in [6.07, 6.45) is 10.7. The second kappa shape index (κ2) is 14.0. The van der Waals surface area contributed by atoms with Crippen LogP contribution in [0.4, 0.5) is 0 Å². The average Bonchev–Trinajstić information content (AvgIpc) is 3.65. The van der Waals surface area contributed by atoms with Crippen LogP contribution in [0.2, 0.25) is 10.0 Å². The summed E-state index contributed by atoms with van der Waals surface area (Å²) in [5.41, 5.74) is 7.22. The van der Waals surface area contributed by atoms with E-state index in [9.17, 15) is 9.59 Å². The minimum Gasteiger partial charge on any atom is -0.353 e. The maximum Gasteiger partial charge on any atom is 0.220 e. The van der Waals surface area contributed by atoms with Crippen LogP contribution in [-0.4, -0.2) is 34.2 Å². The number of benzene rings is 2. The Morgan fingerprint density at radius 1 is 0.773 bits per heavy atom. The van der Waals surface area contributed by atoms with E-state index < -0.39 is 0 Å². The molecule has 1 amide bonds. The van der Waals surface area contributed by atoms with Gasteiger partial charge in [-0.25, -0.2) is 0 Å². The lowest BCUT2D eigenvalue weighted by Gasteiger charge is -2.14. The van der Waals surface area contributed by atoms with E-state index in [4.69, 9.17) is 33.2 Å². The number of hydrogen-bond donors (Lipinski definition) is 2. The minimum atomic E-state index is 0.165. The van der Waals surface area contributed by atoms with Crippen LogP contribution in [0.3, 0.4) is 0 Å². The van der Waals surface area contributed by atoms with Gasteiger partial charge < -0.3 is 10.6 Å². The van der Waals surface area contributed by atoms with Crippen LogP contribution in [-0.2, 0) is 22.6 Å². The topological polar surface area (TPSA) is 84.0 Å². The van der Waals surface area contributed by atoms with Gasteiger partial charge in [-0.3, -0.25) is 19.6 Å². The second-order valence-electron chi connectivity index (χ2n) is 11.9. The van der Waals surface area contributed by atoms with E-state index in [0.717, 1.165) is 77.9 Å².